The van der Waals surface area contributed by atoms with Crippen molar-refractivity contribution in [1.82, 2.24) is 5.32 Å². The summed E-state index contributed by atoms with van der Waals surface area (Å²) in [5.41, 5.74) is 0.516. The van der Waals surface area contributed by atoms with Gasteiger partial charge >= 0.3 is 0 Å². The number of hydrogen-bond donors (Lipinski definition) is 1. The van der Waals surface area contributed by atoms with Crippen molar-refractivity contribution in [2.75, 3.05) is 0 Å². The molecule has 1 amide bonds. The molecule has 0 radical (unpaired) electrons. The van der Waals surface area contributed by atoms with E-state index >= 15 is 0 Å². The summed E-state index contributed by atoms with van der Waals surface area (Å²) in [5.74, 6) is -0.00363. The van der Waals surface area contributed by atoms with Crippen molar-refractivity contribution in [1.29, 1.82) is 0 Å². The van der Waals surface area contributed by atoms with Crippen LogP contribution >= 0.6 is 33.9 Å². The van der Waals surface area contributed by atoms with E-state index in [0.717, 1.165) is 11.3 Å². The summed E-state index contributed by atoms with van der Waals surface area (Å²) in [7, 11) is 0. The summed E-state index contributed by atoms with van der Waals surface area (Å²) in [4.78, 5) is 13.6. The van der Waals surface area contributed by atoms with Crippen LogP contribution in [0.15, 0.2) is 35.7 Å². The van der Waals surface area contributed by atoms with E-state index in [1.54, 1.807) is 11.3 Å². The van der Waals surface area contributed by atoms with Gasteiger partial charge in [-0.25, -0.2) is 4.39 Å². The lowest BCUT2D eigenvalue weighted by Crippen LogP contribution is -2.29. The van der Waals surface area contributed by atoms with Crippen LogP contribution in [-0.2, 0) is 0 Å². The van der Waals surface area contributed by atoms with Crippen LogP contribution in [0.2, 0.25) is 0 Å². The van der Waals surface area contributed by atoms with Crippen molar-refractivity contribution in [3.8, 4) is 0 Å². The molecule has 0 bridgehead atoms. The largest absolute Gasteiger partial charge is 0.344 e. The minimum absolute atomic E-state index is 0.00152. The van der Waals surface area contributed by atoms with E-state index < -0.39 is 0 Å². The van der Waals surface area contributed by atoms with Gasteiger partial charge in [0.25, 0.3) is 5.91 Å². The maximum atomic E-state index is 13.1. The Labute approximate surface area is 141 Å². The van der Waals surface area contributed by atoms with E-state index in [1.165, 1.54) is 18.2 Å². The van der Waals surface area contributed by atoms with Crippen molar-refractivity contribution >= 4 is 39.8 Å². The van der Waals surface area contributed by atoms with Crippen molar-refractivity contribution < 1.29 is 9.18 Å². The van der Waals surface area contributed by atoms with Crippen molar-refractivity contribution in [2.24, 2.45) is 5.92 Å². The quantitative estimate of drug-likeness (QED) is 0.681. The zero-order valence-electron chi connectivity index (χ0n) is 11.9. The fraction of sp³-hybridized carbons (Fsp3) is 0.312. The van der Waals surface area contributed by atoms with Crippen LogP contribution in [0.4, 0.5) is 4.39 Å². The number of halogens is 2. The van der Waals surface area contributed by atoms with Crippen LogP contribution in [0.5, 0.6) is 0 Å². The van der Waals surface area contributed by atoms with Gasteiger partial charge in [-0.1, -0.05) is 19.9 Å². The number of hydrogen-bond acceptors (Lipinski definition) is 2. The topological polar surface area (TPSA) is 29.1 Å². The molecule has 2 nitrogen and oxygen atoms in total. The van der Waals surface area contributed by atoms with E-state index in [-0.39, 0.29) is 17.8 Å². The first-order valence-electron chi connectivity index (χ1n) is 6.76. The molecule has 21 heavy (non-hydrogen) atoms. The van der Waals surface area contributed by atoms with Gasteiger partial charge in [0, 0.05) is 8.45 Å². The third-order valence-electron chi connectivity index (χ3n) is 3.07. The lowest BCUT2D eigenvalue weighted by atomic mass is 10.0. The van der Waals surface area contributed by atoms with Crippen molar-refractivity contribution in [3.05, 3.63) is 55.5 Å². The number of rotatable bonds is 5. The molecule has 0 saturated heterocycles. The zero-order chi connectivity index (χ0) is 15.4. The molecule has 112 valence electrons. The molecular weight excluding hydrogens is 400 g/mol. The van der Waals surface area contributed by atoms with Crippen LogP contribution in [0, 0.1) is 15.3 Å². The molecule has 2 rings (SSSR count). The highest BCUT2D eigenvalue weighted by molar-refractivity contribution is 14.1. The Morgan fingerprint density at radius 3 is 2.71 bits per heavy atom. The number of thiophene rings is 1. The molecule has 2 aromatic rings. The zero-order valence-corrected chi connectivity index (χ0v) is 14.9. The molecule has 1 heterocycles. The lowest BCUT2D eigenvalue weighted by molar-refractivity contribution is 0.0932. The van der Waals surface area contributed by atoms with E-state index in [2.05, 4.69) is 19.2 Å². The van der Waals surface area contributed by atoms with E-state index in [4.69, 9.17) is 0 Å². The summed E-state index contributed by atoms with van der Waals surface area (Å²) < 4.78 is 13.8. The first-order chi connectivity index (χ1) is 9.97. The van der Waals surface area contributed by atoms with E-state index in [1.807, 2.05) is 40.1 Å². The van der Waals surface area contributed by atoms with Crippen LogP contribution in [-0.4, -0.2) is 5.91 Å². The van der Waals surface area contributed by atoms with Crippen LogP contribution in [0.3, 0.4) is 0 Å². The van der Waals surface area contributed by atoms with Crippen molar-refractivity contribution in [2.45, 2.75) is 26.3 Å². The Balaban J connectivity index is 2.18. The Bertz CT molecular complexity index is 613. The second-order valence-electron chi connectivity index (χ2n) is 5.30. The molecule has 1 aromatic heterocycles. The molecular formula is C16H17FINOS. The third-order valence-corrected chi connectivity index (χ3v) is 4.95. The van der Waals surface area contributed by atoms with Gasteiger partial charge in [-0.3, -0.25) is 4.79 Å². The minimum Gasteiger partial charge on any atom is -0.344 e. The Hall–Kier alpha value is -0.950. The molecule has 0 aliphatic rings. The van der Waals surface area contributed by atoms with Gasteiger partial charge in [0.2, 0.25) is 0 Å². The summed E-state index contributed by atoms with van der Waals surface area (Å²) in [5, 5.41) is 5.08. The van der Waals surface area contributed by atoms with Crippen LogP contribution in [0.25, 0.3) is 0 Å². The van der Waals surface area contributed by atoms with Gasteiger partial charge in [0.05, 0.1) is 11.6 Å². The monoisotopic (exact) mass is 417 g/mol. The highest BCUT2D eigenvalue weighted by atomic mass is 127. The molecule has 1 atom stereocenters. The molecule has 0 aliphatic carbocycles. The number of carbonyl (C=O) groups excluding carboxylic acids is 1. The second-order valence-corrected chi connectivity index (χ2v) is 7.44. The minimum atomic E-state index is -0.326. The average molecular weight is 417 g/mol. The molecule has 0 fully saturated rings. The predicted molar refractivity (Wildman–Crippen MR) is 93.1 cm³/mol. The second kappa shape index (κ2) is 7.35. The van der Waals surface area contributed by atoms with Gasteiger partial charge < -0.3 is 5.32 Å². The van der Waals surface area contributed by atoms with E-state index in [9.17, 15) is 9.18 Å². The maximum Gasteiger partial charge on any atom is 0.252 e. The molecule has 0 spiro atoms. The first-order valence-corrected chi connectivity index (χ1v) is 8.72. The summed E-state index contributed by atoms with van der Waals surface area (Å²) >= 11 is 3.63. The van der Waals surface area contributed by atoms with Gasteiger partial charge in [-0.15, -0.1) is 11.3 Å². The van der Waals surface area contributed by atoms with Gasteiger partial charge in [-0.05, 0) is 64.6 Å². The number of amides is 1. The Morgan fingerprint density at radius 1 is 1.38 bits per heavy atom. The lowest BCUT2D eigenvalue weighted by Gasteiger charge is -2.20. The van der Waals surface area contributed by atoms with Gasteiger partial charge in [0.1, 0.15) is 5.82 Å². The maximum absolute atomic E-state index is 13.1. The fourth-order valence-corrected chi connectivity index (χ4v) is 3.63. The number of nitrogens with one attached hydrogen (secondary N) is 1. The SMILES string of the molecule is CC(C)CC(NC(=O)c1ccc(F)cc1I)c1cccs1. The summed E-state index contributed by atoms with van der Waals surface area (Å²) in [6.45, 7) is 4.27. The highest BCUT2D eigenvalue weighted by Crippen LogP contribution is 2.26. The van der Waals surface area contributed by atoms with Crippen molar-refractivity contribution in [3.63, 3.8) is 0 Å². The molecule has 1 aromatic carbocycles. The Kier molecular flexibility index (Phi) is 5.75. The summed E-state index contributed by atoms with van der Waals surface area (Å²) in [6.07, 6.45) is 0.879. The predicted octanol–water partition coefficient (Wildman–Crippen LogP) is 5.01. The van der Waals surface area contributed by atoms with Gasteiger partial charge in [0.15, 0.2) is 0 Å². The molecule has 0 aliphatic heterocycles. The smallest absolute Gasteiger partial charge is 0.252 e. The normalized spacial score (nSPS) is 12.4. The van der Waals surface area contributed by atoms with Crippen LogP contribution < -0.4 is 5.32 Å². The molecule has 0 saturated carbocycles. The first kappa shape index (κ1) is 16.4. The van der Waals surface area contributed by atoms with Crippen LogP contribution in [0.1, 0.15) is 41.5 Å². The third kappa shape index (κ3) is 4.51. The van der Waals surface area contributed by atoms with E-state index in [0.29, 0.717) is 15.1 Å². The molecule has 1 unspecified atom stereocenters. The Morgan fingerprint density at radius 2 is 2.14 bits per heavy atom. The fourth-order valence-electron chi connectivity index (χ4n) is 2.12. The summed E-state index contributed by atoms with van der Waals surface area (Å²) in [6, 6.07) is 8.25. The number of carbonyl (C=O) groups is 1. The van der Waals surface area contributed by atoms with Gasteiger partial charge in [-0.2, -0.15) is 0 Å². The average Bonchev–Trinajstić information content (AvgIpc) is 2.90. The molecule has 5 heteroatoms. The number of benzene rings is 1. The highest BCUT2D eigenvalue weighted by Gasteiger charge is 2.19. The molecule has 1 N–H and O–H groups in total. The standard InChI is InChI=1S/C16H17FINOS/c1-10(2)8-14(15-4-3-7-21-15)19-16(20)12-6-5-11(17)9-13(12)18/h3-7,9-10,14H,8H2,1-2H3,(H,19,20).